The Labute approximate surface area is 202 Å². The van der Waals surface area contributed by atoms with Gasteiger partial charge in [0.2, 0.25) is 0 Å². The number of nitrogens with zero attached hydrogens (tertiary/aromatic N) is 1. The topological polar surface area (TPSA) is 115 Å². The first-order valence-corrected chi connectivity index (χ1v) is 11.7. The highest BCUT2D eigenvalue weighted by Gasteiger charge is 2.47. The zero-order valence-electron chi connectivity index (χ0n) is 19.4. The molecule has 5 rings (SSSR count). The Morgan fingerprint density at radius 1 is 1.09 bits per heavy atom. The maximum absolute atomic E-state index is 13.3. The largest absolute Gasteiger partial charge is 0.507 e. The second kappa shape index (κ2) is 9.50. The first-order valence-electron chi connectivity index (χ1n) is 11.7. The Bertz CT molecular complexity index is 1180. The molecule has 2 aromatic carbocycles. The van der Waals surface area contributed by atoms with Gasteiger partial charge in [-0.1, -0.05) is 6.07 Å². The third kappa shape index (κ3) is 4.27. The highest BCUT2D eigenvalue weighted by Crippen LogP contribution is 2.43. The number of ketones is 1. The number of phenols is 1. The Kier molecular flexibility index (Phi) is 6.25. The first-order chi connectivity index (χ1) is 17.0. The molecule has 0 bridgehead atoms. The number of hydrogen-bond acceptors (Lipinski definition) is 8. The van der Waals surface area contributed by atoms with Crippen molar-refractivity contribution in [3.63, 3.8) is 0 Å². The normalized spacial score (nSPS) is 23.1. The molecule has 2 fully saturated rings. The molecular formula is C26H27NO8. The molecule has 3 aliphatic rings. The molecule has 0 spiro atoms. The van der Waals surface area contributed by atoms with E-state index in [0.717, 1.165) is 12.8 Å². The van der Waals surface area contributed by atoms with Gasteiger partial charge in [-0.3, -0.25) is 9.59 Å². The number of likely N-dealkylation sites (tertiary alicyclic amines) is 1. The second-order valence-corrected chi connectivity index (χ2v) is 8.61. The minimum atomic E-state index is -0.882. The van der Waals surface area contributed by atoms with Crippen LogP contribution < -0.4 is 14.2 Å². The molecule has 2 N–H and O–H groups in total. The van der Waals surface area contributed by atoms with E-state index in [1.807, 2.05) is 0 Å². The van der Waals surface area contributed by atoms with Crippen molar-refractivity contribution in [1.82, 2.24) is 4.90 Å². The van der Waals surface area contributed by atoms with Crippen LogP contribution in [0.4, 0.5) is 0 Å². The van der Waals surface area contributed by atoms with Crippen LogP contribution in [0.25, 0.3) is 5.76 Å². The van der Waals surface area contributed by atoms with Gasteiger partial charge in [0.15, 0.2) is 23.0 Å². The van der Waals surface area contributed by atoms with Crippen molar-refractivity contribution in [3.05, 3.63) is 53.1 Å². The molecule has 2 unspecified atom stereocenters. The van der Waals surface area contributed by atoms with Crippen molar-refractivity contribution in [2.75, 3.05) is 33.0 Å². The molecule has 9 heteroatoms. The lowest BCUT2D eigenvalue weighted by molar-refractivity contribution is -0.140. The maximum atomic E-state index is 13.3. The van der Waals surface area contributed by atoms with Crippen LogP contribution in [0, 0.1) is 0 Å². The summed E-state index contributed by atoms with van der Waals surface area (Å²) in [7, 11) is 0. The molecular weight excluding hydrogens is 454 g/mol. The quantitative estimate of drug-likeness (QED) is 0.367. The van der Waals surface area contributed by atoms with Crippen LogP contribution >= 0.6 is 0 Å². The number of phenolic OH excluding ortho intramolecular Hbond substituents is 1. The molecule has 0 saturated carbocycles. The van der Waals surface area contributed by atoms with E-state index in [-0.39, 0.29) is 35.5 Å². The summed E-state index contributed by atoms with van der Waals surface area (Å²) in [6.45, 7) is 3.72. The molecule has 2 aromatic rings. The van der Waals surface area contributed by atoms with Crippen molar-refractivity contribution in [1.29, 1.82) is 0 Å². The van der Waals surface area contributed by atoms with E-state index in [1.54, 1.807) is 37.3 Å². The highest BCUT2D eigenvalue weighted by atomic mass is 16.6. The fraction of sp³-hybridized carbons (Fsp3) is 0.385. The molecule has 0 aliphatic carbocycles. The fourth-order valence-electron chi connectivity index (χ4n) is 4.74. The van der Waals surface area contributed by atoms with Crippen molar-refractivity contribution in [3.8, 4) is 23.0 Å². The number of carbonyl (C=O) groups excluding carboxylic acids is 2. The predicted molar refractivity (Wildman–Crippen MR) is 125 cm³/mol. The number of benzene rings is 2. The molecule has 35 heavy (non-hydrogen) atoms. The van der Waals surface area contributed by atoms with Crippen LogP contribution in [-0.4, -0.2) is 65.9 Å². The number of Topliss-reactive ketones (excluding diaryl/α,β-unsaturated/α-hetero) is 1. The summed E-state index contributed by atoms with van der Waals surface area (Å²) >= 11 is 0. The smallest absolute Gasteiger partial charge is 0.295 e. The summed E-state index contributed by atoms with van der Waals surface area (Å²) in [5, 5.41) is 21.5. The Morgan fingerprint density at radius 3 is 2.63 bits per heavy atom. The Morgan fingerprint density at radius 2 is 1.89 bits per heavy atom. The highest BCUT2D eigenvalue weighted by molar-refractivity contribution is 6.46. The summed E-state index contributed by atoms with van der Waals surface area (Å²) < 4.78 is 22.4. The number of ether oxygens (including phenoxy) is 4. The van der Waals surface area contributed by atoms with E-state index in [0.29, 0.717) is 49.1 Å². The van der Waals surface area contributed by atoms with Crippen LogP contribution in [0.1, 0.15) is 36.9 Å². The van der Waals surface area contributed by atoms with E-state index in [4.69, 9.17) is 18.9 Å². The van der Waals surface area contributed by atoms with Crippen LogP contribution in [0.3, 0.4) is 0 Å². The minimum absolute atomic E-state index is 0.0437. The molecule has 184 valence electrons. The van der Waals surface area contributed by atoms with Gasteiger partial charge in [-0.05, 0) is 55.7 Å². The summed E-state index contributed by atoms with van der Waals surface area (Å²) in [5.74, 6) is -0.643. The SMILES string of the molecule is CCOc1cc(C2C(=C(O)c3ccc4c(c3)OCCO4)C(=O)C(=O)N2CC2CCCO2)ccc1O. The lowest BCUT2D eigenvalue weighted by atomic mass is 9.94. The molecule has 1 amide bonds. The van der Waals surface area contributed by atoms with Crippen molar-refractivity contribution in [2.45, 2.75) is 31.9 Å². The molecule has 3 heterocycles. The molecule has 2 atom stereocenters. The van der Waals surface area contributed by atoms with Gasteiger partial charge >= 0.3 is 0 Å². The summed E-state index contributed by atoms with van der Waals surface area (Å²) in [6.07, 6.45) is 1.45. The van der Waals surface area contributed by atoms with Gasteiger partial charge in [0.05, 0.1) is 24.3 Å². The number of fused-ring (bicyclic) bond motifs is 1. The Hall–Kier alpha value is -3.72. The average molecular weight is 482 g/mol. The van der Waals surface area contributed by atoms with Crippen LogP contribution in [0.2, 0.25) is 0 Å². The zero-order valence-corrected chi connectivity index (χ0v) is 19.4. The van der Waals surface area contributed by atoms with Crippen LogP contribution in [0.15, 0.2) is 42.0 Å². The maximum Gasteiger partial charge on any atom is 0.295 e. The van der Waals surface area contributed by atoms with Crippen molar-refractivity contribution < 1.29 is 38.7 Å². The average Bonchev–Trinajstić information content (AvgIpc) is 3.47. The van der Waals surface area contributed by atoms with Gasteiger partial charge in [-0.25, -0.2) is 0 Å². The predicted octanol–water partition coefficient (Wildman–Crippen LogP) is 3.16. The van der Waals surface area contributed by atoms with E-state index < -0.39 is 17.7 Å². The summed E-state index contributed by atoms with van der Waals surface area (Å²) in [6, 6.07) is 8.66. The van der Waals surface area contributed by atoms with Crippen molar-refractivity contribution >= 4 is 17.4 Å². The first kappa shape index (κ1) is 23.0. The number of carbonyl (C=O) groups is 2. The van der Waals surface area contributed by atoms with Gasteiger partial charge in [0.1, 0.15) is 19.0 Å². The van der Waals surface area contributed by atoms with Crippen LogP contribution in [0.5, 0.6) is 23.0 Å². The molecule has 2 saturated heterocycles. The molecule has 3 aliphatic heterocycles. The van der Waals surface area contributed by atoms with E-state index in [2.05, 4.69) is 0 Å². The third-order valence-electron chi connectivity index (χ3n) is 6.38. The van der Waals surface area contributed by atoms with Gasteiger partial charge in [0.25, 0.3) is 11.7 Å². The third-order valence-corrected chi connectivity index (χ3v) is 6.38. The number of rotatable bonds is 6. The van der Waals surface area contributed by atoms with E-state index in [9.17, 15) is 19.8 Å². The number of amides is 1. The van der Waals surface area contributed by atoms with Crippen LogP contribution in [-0.2, 0) is 14.3 Å². The fourth-order valence-corrected chi connectivity index (χ4v) is 4.74. The second-order valence-electron chi connectivity index (χ2n) is 8.61. The number of aliphatic hydroxyl groups excluding tert-OH is 1. The minimum Gasteiger partial charge on any atom is -0.507 e. The molecule has 0 radical (unpaired) electrons. The Balaban J connectivity index is 1.62. The van der Waals surface area contributed by atoms with E-state index >= 15 is 0 Å². The number of aliphatic hydroxyl groups is 1. The summed E-state index contributed by atoms with van der Waals surface area (Å²) in [4.78, 5) is 27.9. The zero-order chi connectivity index (χ0) is 24.5. The standard InChI is InChI=1S/C26H27NO8/c1-2-32-20-12-15(5-7-18(20)28)23-22(25(30)26(31)27(23)14-17-4-3-9-33-17)24(29)16-6-8-19-21(13-16)35-11-10-34-19/h5-8,12-13,17,23,28-29H,2-4,9-11,14H2,1H3. The number of hydrogen-bond donors (Lipinski definition) is 2. The molecule has 0 aromatic heterocycles. The van der Waals surface area contributed by atoms with Gasteiger partial charge in [-0.2, -0.15) is 0 Å². The molecule has 9 nitrogen and oxygen atoms in total. The van der Waals surface area contributed by atoms with Crippen molar-refractivity contribution in [2.24, 2.45) is 0 Å². The monoisotopic (exact) mass is 481 g/mol. The number of aromatic hydroxyl groups is 1. The lowest BCUT2D eigenvalue weighted by Crippen LogP contribution is -2.36. The van der Waals surface area contributed by atoms with Gasteiger partial charge < -0.3 is 34.1 Å². The lowest BCUT2D eigenvalue weighted by Gasteiger charge is -2.28. The van der Waals surface area contributed by atoms with E-state index in [1.165, 1.54) is 11.0 Å². The van der Waals surface area contributed by atoms with Gasteiger partial charge in [-0.15, -0.1) is 0 Å². The summed E-state index contributed by atoms with van der Waals surface area (Å²) in [5.41, 5.74) is 0.818. The van der Waals surface area contributed by atoms with Gasteiger partial charge in [0, 0.05) is 18.7 Å².